The van der Waals surface area contributed by atoms with Crippen molar-refractivity contribution in [1.29, 1.82) is 10.5 Å². The van der Waals surface area contributed by atoms with E-state index in [2.05, 4.69) is 4.98 Å². The van der Waals surface area contributed by atoms with Gasteiger partial charge in [0.15, 0.2) is 5.75 Å². The van der Waals surface area contributed by atoms with Crippen molar-refractivity contribution in [3.05, 3.63) is 51.3 Å². The van der Waals surface area contributed by atoms with Gasteiger partial charge in [0.25, 0.3) is 5.69 Å². The van der Waals surface area contributed by atoms with Gasteiger partial charge >= 0.3 is 6.16 Å². The third kappa shape index (κ3) is 4.35. The number of non-ortho nitro benzene ring substituents is 1. The molecule has 0 atom stereocenters. The van der Waals surface area contributed by atoms with E-state index >= 15 is 0 Å². The van der Waals surface area contributed by atoms with Crippen molar-refractivity contribution in [1.82, 2.24) is 4.98 Å². The lowest BCUT2D eigenvalue weighted by molar-refractivity contribution is -0.384. The first-order chi connectivity index (χ1) is 12.9. The summed E-state index contributed by atoms with van der Waals surface area (Å²) in [7, 11) is 0. The molecule has 0 aliphatic carbocycles. The molecule has 9 nitrogen and oxygen atoms in total. The summed E-state index contributed by atoms with van der Waals surface area (Å²) in [5.41, 5.74) is 1.19. The van der Waals surface area contributed by atoms with E-state index in [9.17, 15) is 20.2 Å². The van der Waals surface area contributed by atoms with Crippen LogP contribution in [0.2, 0.25) is 0 Å². The Bertz CT molecular complexity index is 988. The molecule has 2 rings (SSSR count). The van der Waals surface area contributed by atoms with E-state index in [1.54, 1.807) is 19.9 Å². The molecule has 0 bridgehead atoms. The number of benzene rings is 1. The molecule has 0 saturated heterocycles. The fourth-order valence-corrected chi connectivity index (χ4v) is 2.44. The maximum Gasteiger partial charge on any atom is 0.513 e. The van der Waals surface area contributed by atoms with Gasteiger partial charge in [-0.3, -0.25) is 15.1 Å². The number of hydrogen-bond donors (Lipinski definition) is 0. The van der Waals surface area contributed by atoms with Crippen LogP contribution in [0, 0.1) is 46.6 Å². The first kappa shape index (κ1) is 19.3. The van der Waals surface area contributed by atoms with Gasteiger partial charge in [-0.15, -0.1) is 0 Å². The lowest BCUT2D eigenvalue weighted by Gasteiger charge is -2.15. The van der Waals surface area contributed by atoms with Gasteiger partial charge in [0, 0.05) is 17.7 Å². The molecule has 0 unspecified atom stereocenters. The number of carbonyl (C=O) groups excluding carboxylic acids is 1. The Morgan fingerprint density at radius 3 is 2.67 bits per heavy atom. The van der Waals surface area contributed by atoms with Gasteiger partial charge in [0.2, 0.25) is 0 Å². The molecule has 0 amide bonds. The van der Waals surface area contributed by atoms with Gasteiger partial charge in [-0.1, -0.05) is 12.1 Å². The second kappa shape index (κ2) is 8.41. The zero-order valence-electron chi connectivity index (χ0n) is 14.6. The molecule has 0 spiro atoms. The number of aromatic nitrogens is 1. The molecule has 0 fully saturated rings. The van der Waals surface area contributed by atoms with E-state index in [0.29, 0.717) is 17.0 Å². The Hall–Kier alpha value is -3.98. The first-order valence-electron chi connectivity index (χ1n) is 7.76. The highest BCUT2D eigenvalue weighted by Crippen LogP contribution is 2.38. The van der Waals surface area contributed by atoms with E-state index in [4.69, 9.17) is 14.7 Å². The minimum absolute atomic E-state index is 0.00140. The highest BCUT2D eigenvalue weighted by Gasteiger charge is 2.23. The Kier molecular flexibility index (Phi) is 6.02. The highest BCUT2D eigenvalue weighted by molar-refractivity contribution is 5.81. The maximum absolute atomic E-state index is 11.9. The molecule has 1 aromatic heterocycles. The zero-order chi connectivity index (χ0) is 20.0. The van der Waals surface area contributed by atoms with Gasteiger partial charge in [-0.25, -0.2) is 4.79 Å². The van der Waals surface area contributed by atoms with Gasteiger partial charge < -0.3 is 9.47 Å². The Labute approximate surface area is 154 Å². The van der Waals surface area contributed by atoms with E-state index in [1.807, 2.05) is 12.1 Å². The highest BCUT2D eigenvalue weighted by atomic mass is 16.7. The maximum atomic E-state index is 11.9. The van der Waals surface area contributed by atoms with Crippen molar-refractivity contribution in [2.45, 2.75) is 20.3 Å². The molecule has 1 aromatic carbocycles. The fraction of sp³-hybridized carbons (Fsp3) is 0.222. The van der Waals surface area contributed by atoms with Crippen LogP contribution in [0.5, 0.6) is 5.75 Å². The molecule has 0 aliphatic rings. The summed E-state index contributed by atoms with van der Waals surface area (Å²) in [6.07, 6.45) is -1.06. The zero-order valence-corrected chi connectivity index (χ0v) is 14.6. The standard InChI is InChI=1S/C18H14N4O5/c1-11-15(10-20)16(13-5-3-6-14(9-13)22(24)25)17(12(2)21-11)27-18(23)26-8-4-7-19/h3,5-6,9H,4,8H2,1-2H3. The Balaban J connectivity index is 2.59. The van der Waals surface area contributed by atoms with Crippen LogP contribution in [0.15, 0.2) is 24.3 Å². The average Bonchev–Trinajstić information content (AvgIpc) is 2.63. The fourth-order valence-electron chi connectivity index (χ4n) is 2.44. The summed E-state index contributed by atoms with van der Waals surface area (Å²) in [6, 6.07) is 9.45. The van der Waals surface area contributed by atoms with Crippen molar-refractivity contribution < 1.29 is 19.2 Å². The number of nitrogens with zero attached hydrogens (tertiary/aromatic N) is 4. The van der Waals surface area contributed by atoms with E-state index in [1.165, 1.54) is 18.2 Å². The molecule has 0 aliphatic heterocycles. The Morgan fingerprint density at radius 1 is 1.30 bits per heavy atom. The van der Waals surface area contributed by atoms with E-state index < -0.39 is 11.1 Å². The number of aryl methyl sites for hydroxylation is 2. The number of nitro groups is 1. The summed E-state index contributed by atoms with van der Waals surface area (Å²) in [6.45, 7) is 3.04. The lowest BCUT2D eigenvalue weighted by Crippen LogP contribution is -2.14. The van der Waals surface area contributed by atoms with Gasteiger partial charge in [-0.05, 0) is 19.4 Å². The topological polar surface area (TPSA) is 139 Å². The second-order valence-electron chi connectivity index (χ2n) is 5.39. The van der Waals surface area contributed by atoms with Crippen LogP contribution in [0.25, 0.3) is 11.1 Å². The largest absolute Gasteiger partial charge is 0.513 e. The molecule has 2 aromatic rings. The smallest absolute Gasteiger partial charge is 0.433 e. The van der Waals surface area contributed by atoms with Crippen molar-refractivity contribution in [2.75, 3.05) is 6.61 Å². The molecule has 27 heavy (non-hydrogen) atoms. The van der Waals surface area contributed by atoms with Crippen LogP contribution in [-0.4, -0.2) is 22.7 Å². The van der Waals surface area contributed by atoms with Crippen molar-refractivity contribution >= 4 is 11.8 Å². The van der Waals surface area contributed by atoms with E-state index in [-0.39, 0.29) is 35.6 Å². The van der Waals surface area contributed by atoms with Crippen molar-refractivity contribution in [2.24, 2.45) is 0 Å². The number of carbonyl (C=O) groups is 1. The van der Waals surface area contributed by atoms with Gasteiger partial charge in [0.1, 0.15) is 12.7 Å². The van der Waals surface area contributed by atoms with Gasteiger partial charge in [-0.2, -0.15) is 10.5 Å². The normalized spacial score (nSPS) is 9.78. The molecular formula is C18H14N4O5. The lowest BCUT2D eigenvalue weighted by atomic mass is 9.97. The third-order valence-corrected chi connectivity index (χ3v) is 3.58. The molecule has 0 N–H and O–H groups in total. The first-order valence-corrected chi connectivity index (χ1v) is 7.76. The minimum Gasteiger partial charge on any atom is -0.433 e. The number of nitro benzene ring substituents is 1. The molecule has 9 heteroatoms. The van der Waals surface area contributed by atoms with Crippen LogP contribution in [0.4, 0.5) is 10.5 Å². The predicted molar refractivity (Wildman–Crippen MR) is 92.7 cm³/mol. The summed E-state index contributed by atoms with van der Waals surface area (Å²) in [5.74, 6) is -0.0281. The second-order valence-corrected chi connectivity index (χ2v) is 5.39. The van der Waals surface area contributed by atoms with Crippen molar-refractivity contribution in [3.63, 3.8) is 0 Å². The number of rotatable bonds is 5. The SMILES string of the molecule is Cc1nc(C)c(OC(=O)OCCC#N)c(-c2cccc([N+](=O)[O-])c2)c1C#N. The minimum atomic E-state index is -1.06. The summed E-state index contributed by atoms with van der Waals surface area (Å²) < 4.78 is 10.0. The number of hydrogen-bond acceptors (Lipinski definition) is 8. The summed E-state index contributed by atoms with van der Waals surface area (Å²) in [4.78, 5) is 26.6. The predicted octanol–water partition coefficient (Wildman–Crippen LogP) is 3.57. The average molecular weight is 366 g/mol. The van der Waals surface area contributed by atoms with Crippen molar-refractivity contribution in [3.8, 4) is 29.0 Å². The molecule has 0 saturated carbocycles. The van der Waals surface area contributed by atoms with Crippen LogP contribution < -0.4 is 4.74 Å². The molecular weight excluding hydrogens is 352 g/mol. The van der Waals surface area contributed by atoms with E-state index in [0.717, 1.165) is 0 Å². The third-order valence-electron chi connectivity index (χ3n) is 3.58. The molecule has 136 valence electrons. The molecule has 1 heterocycles. The van der Waals surface area contributed by atoms with Crippen LogP contribution in [0.1, 0.15) is 23.4 Å². The van der Waals surface area contributed by atoms with Crippen LogP contribution in [-0.2, 0) is 4.74 Å². The van der Waals surface area contributed by atoms with Crippen LogP contribution >= 0.6 is 0 Å². The van der Waals surface area contributed by atoms with Gasteiger partial charge in [0.05, 0.1) is 34.4 Å². The molecule has 0 radical (unpaired) electrons. The summed E-state index contributed by atoms with van der Waals surface area (Å²) >= 11 is 0. The quantitative estimate of drug-likeness (QED) is 0.338. The number of nitriles is 2. The van der Waals surface area contributed by atoms with Crippen LogP contribution in [0.3, 0.4) is 0 Å². The summed E-state index contributed by atoms with van der Waals surface area (Å²) in [5, 5.41) is 29.1. The Morgan fingerprint density at radius 2 is 2.04 bits per heavy atom. The monoisotopic (exact) mass is 366 g/mol. The number of pyridine rings is 1. The number of ether oxygens (including phenoxy) is 2.